The first-order valence-electron chi connectivity index (χ1n) is 8.30. The van der Waals surface area contributed by atoms with Crippen molar-refractivity contribution >= 4 is 47.3 Å². The number of hydrogen-bond acceptors (Lipinski definition) is 8. The minimum Gasteiger partial charge on any atom is -0.406 e. The van der Waals surface area contributed by atoms with Crippen molar-refractivity contribution in [1.82, 2.24) is 0 Å². The molecule has 0 radical (unpaired) electrons. The molecule has 3 rings (SSSR count). The molecule has 2 atom stereocenters. The van der Waals surface area contributed by atoms with E-state index in [0.717, 1.165) is 22.6 Å². The Bertz CT molecular complexity index is 683. The van der Waals surface area contributed by atoms with Gasteiger partial charge in [-0.05, 0) is 61.1 Å². The molecule has 0 aromatic heterocycles. The molecule has 0 amide bonds. The number of ether oxygens (including phenoxy) is 2. The molecular formula is C18H20N2O4S2. The summed E-state index contributed by atoms with van der Waals surface area (Å²) in [6.45, 7) is 0. The molecule has 2 unspecified atom stereocenters. The SMILES string of the molecule is CSCCC1N=C(c2ccc(C3=NC(CCSC)C(=O)O3)cc2)OC1=O. The van der Waals surface area contributed by atoms with E-state index in [0.29, 0.717) is 24.6 Å². The highest BCUT2D eigenvalue weighted by atomic mass is 32.2. The number of benzene rings is 1. The van der Waals surface area contributed by atoms with Crippen LogP contribution in [-0.4, -0.2) is 59.8 Å². The highest BCUT2D eigenvalue weighted by Gasteiger charge is 2.31. The van der Waals surface area contributed by atoms with E-state index in [-0.39, 0.29) is 11.9 Å². The third-order valence-electron chi connectivity index (χ3n) is 4.05. The molecule has 8 heteroatoms. The maximum atomic E-state index is 11.9. The molecule has 0 aliphatic carbocycles. The predicted octanol–water partition coefficient (Wildman–Crippen LogP) is 2.54. The maximum absolute atomic E-state index is 11.9. The molecule has 0 N–H and O–H groups in total. The summed E-state index contributed by atoms with van der Waals surface area (Å²) in [5.41, 5.74) is 1.44. The Morgan fingerprint density at radius 1 is 0.808 bits per heavy atom. The first kappa shape index (κ1) is 19.0. The normalized spacial score (nSPS) is 22.1. The number of aliphatic imine (C=N–C) groups is 2. The quantitative estimate of drug-likeness (QED) is 0.633. The van der Waals surface area contributed by atoms with Crippen molar-refractivity contribution in [2.45, 2.75) is 24.9 Å². The smallest absolute Gasteiger partial charge is 0.337 e. The van der Waals surface area contributed by atoms with E-state index in [1.807, 2.05) is 12.5 Å². The highest BCUT2D eigenvalue weighted by Crippen LogP contribution is 2.20. The van der Waals surface area contributed by atoms with E-state index in [1.54, 1.807) is 47.8 Å². The molecule has 2 aliphatic rings. The van der Waals surface area contributed by atoms with Crippen molar-refractivity contribution in [3.05, 3.63) is 35.4 Å². The second-order valence-corrected chi connectivity index (χ2v) is 7.85. The third kappa shape index (κ3) is 4.29. The Kier molecular flexibility index (Phi) is 6.37. The minimum atomic E-state index is -0.422. The zero-order valence-electron chi connectivity index (χ0n) is 14.6. The lowest BCUT2D eigenvalue weighted by atomic mass is 10.1. The van der Waals surface area contributed by atoms with Gasteiger partial charge in [0.25, 0.3) is 0 Å². The van der Waals surface area contributed by atoms with Crippen molar-refractivity contribution in [2.75, 3.05) is 24.0 Å². The fourth-order valence-corrected chi connectivity index (χ4v) is 3.53. The van der Waals surface area contributed by atoms with Crippen LogP contribution in [-0.2, 0) is 19.1 Å². The van der Waals surface area contributed by atoms with Gasteiger partial charge in [-0.2, -0.15) is 23.5 Å². The molecule has 2 aliphatic heterocycles. The number of esters is 2. The number of thioether (sulfide) groups is 2. The number of hydrogen-bond donors (Lipinski definition) is 0. The molecule has 2 heterocycles. The van der Waals surface area contributed by atoms with E-state index in [1.165, 1.54) is 0 Å². The third-order valence-corrected chi connectivity index (χ3v) is 5.34. The summed E-state index contributed by atoms with van der Waals surface area (Å²) in [7, 11) is 0. The van der Waals surface area contributed by atoms with Gasteiger partial charge in [0.05, 0.1) is 0 Å². The molecule has 0 spiro atoms. The van der Waals surface area contributed by atoms with Gasteiger partial charge in [-0.1, -0.05) is 0 Å². The van der Waals surface area contributed by atoms with Crippen LogP contribution in [0.3, 0.4) is 0 Å². The van der Waals surface area contributed by atoms with Gasteiger partial charge in [0.2, 0.25) is 11.8 Å². The van der Waals surface area contributed by atoms with Crippen molar-refractivity contribution in [2.24, 2.45) is 9.98 Å². The minimum absolute atomic E-state index is 0.302. The molecule has 6 nitrogen and oxygen atoms in total. The molecular weight excluding hydrogens is 372 g/mol. The number of carbonyl (C=O) groups excluding carboxylic acids is 2. The van der Waals surface area contributed by atoms with Crippen LogP contribution in [0, 0.1) is 0 Å². The van der Waals surface area contributed by atoms with Gasteiger partial charge in [-0.3, -0.25) is 0 Å². The zero-order chi connectivity index (χ0) is 18.5. The van der Waals surface area contributed by atoms with Crippen LogP contribution in [0.15, 0.2) is 34.3 Å². The molecule has 0 saturated heterocycles. The fourth-order valence-electron chi connectivity index (χ4n) is 2.61. The summed E-state index contributed by atoms with van der Waals surface area (Å²) in [5.74, 6) is 1.80. The summed E-state index contributed by atoms with van der Waals surface area (Å²) in [4.78, 5) is 32.5. The predicted molar refractivity (Wildman–Crippen MR) is 105 cm³/mol. The Hall–Kier alpha value is -1.80. The Balaban J connectivity index is 1.69. The monoisotopic (exact) mass is 392 g/mol. The van der Waals surface area contributed by atoms with Crippen molar-refractivity contribution in [3.63, 3.8) is 0 Å². The summed E-state index contributed by atoms with van der Waals surface area (Å²) in [5, 5.41) is 0. The Morgan fingerprint density at radius 2 is 1.19 bits per heavy atom. The van der Waals surface area contributed by atoms with Crippen molar-refractivity contribution in [3.8, 4) is 0 Å². The second-order valence-electron chi connectivity index (χ2n) is 5.88. The van der Waals surface area contributed by atoms with E-state index in [9.17, 15) is 9.59 Å². The van der Waals surface area contributed by atoms with Crippen LogP contribution in [0.1, 0.15) is 24.0 Å². The van der Waals surface area contributed by atoms with Gasteiger partial charge < -0.3 is 9.47 Å². The van der Waals surface area contributed by atoms with Gasteiger partial charge in [0.15, 0.2) is 12.1 Å². The summed E-state index contributed by atoms with van der Waals surface area (Å²) >= 11 is 3.35. The van der Waals surface area contributed by atoms with Gasteiger partial charge in [0, 0.05) is 11.1 Å². The Morgan fingerprint density at radius 3 is 1.54 bits per heavy atom. The largest absolute Gasteiger partial charge is 0.406 e. The van der Waals surface area contributed by atoms with E-state index in [2.05, 4.69) is 9.98 Å². The molecule has 1 aromatic rings. The van der Waals surface area contributed by atoms with Gasteiger partial charge in [0.1, 0.15) is 0 Å². The van der Waals surface area contributed by atoms with Crippen LogP contribution >= 0.6 is 23.5 Å². The van der Waals surface area contributed by atoms with Crippen LogP contribution in [0.5, 0.6) is 0 Å². The highest BCUT2D eigenvalue weighted by molar-refractivity contribution is 7.98. The van der Waals surface area contributed by atoms with Crippen molar-refractivity contribution in [1.29, 1.82) is 0 Å². The molecule has 0 bridgehead atoms. The molecule has 138 valence electrons. The summed E-state index contributed by atoms with van der Waals surface area (Å²) < 4.78 is 10.6. The molecule has 0 saturated carbocycles. The first-order valence-corrected chi connectivity index (χ1v) is 11.1. The van der Waals surface area contributed by atoms with Crippen LogP contribution in [0.25, 0.3) is 0 Å². The Labute approximate surface area is 160 Å². The van der Waals surface area contributed by atoms with E-state index >= 15 is 0 Å². The maximum Gasteiger partial charge on any atom is 0.337 e. The van der Waals surface area contributed by atoms with Crippen LogP contribution in [0.2, 0.25) is 0 Å². The first-order chi connectivity index (χ1) is 12.6. The average Bonchev–Trinajstić information content (AvgIpc) is 3.21. The lowest BCUT2D eigenvalue weighted by Crippen LogP contribution is -2.16. The lowest BCUT2D eigenvalue weighted by molar-refractivity contribution is -0.135. The van der Waals surface area contributed by atoms with E-state index < -0.39 is 12.1 Å². The topological polar surface area (TPSA) is 77.3 Å². The number of nitrogens with zero attached hydrogens (tertiary/aromatic N) is 2. The molecule has 1 aromatic carbocycles. The molecule has 0 fully saturated rings. The fraction of sp³-hybridized carbons (Fsp3) is 0.444. The van der Waals surface area contributed by atoms with E-state index in [4.69, 9.17) is 9.47 Å². The van der Waals surface area contributed by atoms with Crippen molar-refractivity contribution < 1.29 is 19.1 Å². The van der Waals surface area contributed by atoms with Gasteiger partial charge >= 0.3 is 11.9 Å². The van der Waals surface area contributed by atoms with Crippen LogP contribution < -0.4 is 0 Å². The number of rotatable bonds is 8. The average molecular weight is 393 g/mol. The van der Waals surface area contributed by atoms with Gasteiger partial charge in [-0.25, -0.2) is 19.6 Å². The van der Waals surface area contributed by atoms with Gasteiger partial charge in [-0.15, -0.1) is 0 Å². The second kappa shape index (κ2) is 8.73. The summed E-state index contributed by atoms with van der Waals surface area (Å²) in [6, 6.07) is 6.34. The lowest BCUT2D eigenvalue weighted by Gasteiger charge is -2.03. The summed E-state index contributed by atoms with van der Waals surface area (Å²) in [6.07, 6.45) is 5.33. The molecule has 26 heavy (non-hydrogen) atoms. The number of cyclic esters (lactones) is 2. The number of carbonyl (C=O) groups is 2. The zero-order valence-corrected chi connectivity index (χ0v) is 16.3. The van der Waals surface area contributed by atoms with Crippen LogP contribution in [0.4, 0.5) is 0 Å². The standard InChI is InChI=1S/C18H20N2O4S2/c1-25-9-7-13-17(21)23-15(19-13)11-3-5-12(6-4-11)16-20-14(8-10-26-2)18(22)24-16/h3-6,13-14H,7-10H2,1-2H3.